The number of nitrogens with one attached hydrogen (secondary N) is 1. The molecular formula is C17H15BrFNO4. The Labute approximate surface area is 146 Å². The maximum atomic E-state index is 12.9. The average Bonchev–Trinajstić information content (AvgIpc) is 2.55. The molecule has 0 aliphatic rings. The number of carbonyl (C=O) groups is 2. The molecule has 5 nitrogen and oxygen atoms in total. The van der Waals surface area contributed by atoms with Crippen LogP contribution in [0.5, 0.6) is 5.75 Å². The Kier molecular flexibility index (Phi) is 5.92. The maximum Gasteiger partial charge on any atom is 0.342 e. The lowest BCUT2D eigenvalue weighted by molar-refractivity contribution is -0.124. The van der Waals surface area contributed by atoms with Crippen molar-refractivity contribution in [2.45, 2.75) is 13.0 Å². The Morgan fingerprint density at radius 3 is 2.58 bits per heavy atom. The van der Waals surface area contributed by atoms with Crippen molar-refractivity contribution in [1.82, 2.24) is 5.32 Å². The van der Waals surface area contributed by atoms with Gasteiger partial charge in [-0.2, -0.15) is 0 Å². The first-order chi connectivity index (χ1) is 11.4. The molecule has 126 valence electrons. The molecule has 0 aliphatic carbocycles. The molecule has 0 heterocycles. The quantitative estimate of drug-likeness (QED) is 0.761. The molecule has 0 aromatic heterocycles. The third kappa shape index (κ3) is 4.79. The van der Waals surface area contributed by atoms with Gasteiger partial charge < -0.3 is 15.2 Å². The molecule has 2 N–H and O–H groups in total. The maximum absolute atomic E-state index is 12.9. The van der Waals surface area contributed by atoms with E-state index in [4.69, 9.17) is 4.74 Å². The summed E-state index contributed by atoms with van der Waals surface area (Å²) < 4.78 is 18.4. The lowest BCUT2D eigenvalue weighted by Gasteiger charge is -2.14. The van der Waals surface area contributed by atoms with E-state index in [1.807, 2.05) is 0 Å². The number of amides is 1. The van der Waals surface area contributed by atoms with E-state index >= 15 is 0 Å². The molecule has 0 radical (unpaired) electrons. The van der Waals surface area contributed by atoms with Gasteiger partial charge in [0, 0.05) is 4.47 Å². The summed E-state index contributed by atoms with van der Waals surface area (Å²) in [6, 6.07) is 9.67. The summed E-state index contributed by atoms with van der Waals surface area (Å²) in [5.74, 6) is -1.91. The van der Waals surface area contributed by atoms with E-state index in [1.165, 1.54) is 24.3 Å². The number of hydrogen-bond donors (Lipinski definition) is 2. The van der Waals surface area contributed by atoms with Crippen molar-refractivity contribution in [1.29, 1.82) is 0 Å². The molecule has 0 aliphatic heterocycles. The Bertz CT molecular complexity index is 749. The highest BCUT2D eigenvalue weighted by Gasteiger charge is 2.16. The number of aromatic hydroxyl groups is 1. The van der Waals surface area contributed by atoms with Crippen LogP contribution in [0.4, 0.5) is 4.39 Å². The Hall–Kier alpha value is -2.41. The zero-order valence-corrected chi connectivity index (χ0v) is 14.3. The molecule has 0 unspecified atom stereocenters. The summed E-state index contributed by atoms with van der Waals surface area (Å²) in [4.78, 5) is 23.7. The lowest BCUT2D eigenvalue weighted by atomic mass is 10.1. The second kappa shape index (κ2) is 7.92. The topological polar surface area (TPSA) is 75.6 Å². The highest BCUT2D eigenvalue weighted by molar-refractivity contribution is 9.10. The molecule has 2 rings (SSSR count). The van der Waals surface area contributed by atoms with Crippen molar-refractivity contribution in [3.8, 4) is 5.75 Å². The summed E-state index contributed by atoms with van der Waals surface area (Å²) in [6.45, 7) is 1.24. The van der Waals surface area contributed by atoms with E-state index in [-0.39, 0.29) is 23.2 Å². The number of rotatable bonds is 5. The molecule has 1 amide bonds. The molecule has 0 fully saturated rings. The Morgan fingerprint density at radius 2 is 1.92 bits per heavy atom. The van der Waals surface area contributed by atoms with Gasteiger partial charge in [0.15, 0.2) is 6.61 Å². The number of phenols is 1. The fraction of sp³-hybridized carbons (Fsp3) is 0.176. The second-order valence-electron chi connectivity index (χ2n) is 5.08. The van der Waals surface area contributed by atoms with E-state index < -0.39 is 18.5 Å². The predicted molar refractivity (Wildman–Crippen MR) is 89.0 cm³/mol. The van der Waals surface area contributed by atoms with Crippen LogP contribution in [0, 0.1) is 5.82 Å². The van der Waals surface area contributed by atoms with E-state index in [2.05, 4.69) is 21.2 Å². The third-order valence-electron chi connectivity index (χ3n) is 3.26. The minimum absolute atomic E-state index is 0.0382. The van der Waals surface area contributed by atoms with Crippen LogP contribution < -0.4 is 5.32 Å². The normalized spacial score (nSPS) is 11.6. The van der Waals surface area contributed by atoms with E-state index in [0.29, 0.717) is 4.47 Å². The fourth-order valence-corrected chi connectivity index (χ4v) is 2.36. The van der Waals surface area contributed by atoms with Crippen molar-refractivity contribution >= 4 is 27.8 Å². The van der Waals surface area contributed by atoms with Gasteiger partial charge in [-0.05, 0) is 42.8 Å². The molecular weight excluding hydrogens is 381 g/mol. The highest BCUT2D eigenvalue weighted by atomic mass is 79.9. The summed E-state index contributed by atoms with van der Waals surface area (Å²) in [5, 5.41) is 12.3. The summed E-state index contributed by atoms with van der Waals surface area (Å²) in [6.07, 6.45) is 0. The minimum Gasteiger partial charge on any atom is -0.507 e. The predicted octanol–water partition coefficient (Wildman–Crippen LogP) is 3.33. The Morgan fingerprint density at radius 1 is 1.25 bits per heavy atom. The SMILES string of the molecule is C[C@@H](NC(=O)COC(=O)c1cc(Br)ccc1O)c1ccc(F)cc1. The number of ether oxygens (including phenoxy) is 1. The standard InChI is InChI=1S/C17H15BrFNO4/c1-10(11-2-5-13(19)6-3-11)20-16(22)9-24-17(23)14-8-12(18)4-7-15(14)21/h2-8,10,21H,9H2,1H3,(H,20,22)/t10-/m1/s1. The van der Waals surface area contributed by atoms with Crippen LogP contribution in [0.2, 0.25) is 0 Å². The van der Waals surface area contributed by atoms with Gasteiger partial charge in [-0.15, -0.1) is 0 Å². The lowest BCUT2D eigenvalue weighted by Crippen LogP contribution is -2.31. The van der Waals surface area contributed by atoms with E-state index in [0.717, 1.165) is 5.56 Å². The van der Waals surface area contributed by atoms with Crippen molar-refractivity contribution in [2.75, 3.05) is 6.61 Å². The number of halogens is 2. The van der Waals surface area contributed by atoms with Crippen LogP contribution in [0.1, 0.15) is 28.9 Å². The summed E-state index contributed by atoms with van der Waals surface area (Å²) >= 11 is 3.18. The van der Waals surface area contributed by atoms with Crippen LogP contribution in [0.25, 0.3) is 0 Å². The minimum atomic E-state index is -0.807. The smallest absolute Gasteiger partial charge is 0.342 e. The number of phenolic OH excluding ortho intramolecular Hbond substituents is 1. The molecule has 7 heteroatoms. The fourth-order valence-electron chi connectivity index (χ4n) is 2.00. The average molecular weight is 396 g/mol. The largest absolute Gasteiger partial charge is 0.507 e. The van der Waals surface area contributed by atoms with Crippen molar-refractivity contribution < 1.29 is 23.8 Å². The van der Waals surface area contributed by atoms with Crippen molar-refractivity contribution in [3.63, 3.8) is 0 Å². The molecule has 24 heavy (non-hydrogen) atoms. The van der Waals surface area contributed by atoms with Gasteiger partial charge in [0.1, 0.15) is 17.1 Å². The van der Waals surface area contributed by atoms with Crippen LogP contribution in [0.15, 0.2) is 46.9 Å². The number of carbonyl (C=O) groups excluding carboxylic acids is 2. The molecule has 0 saturated carbocycles. The number of esters is 1. The summed E-state index contributed by atoms with van der Waals surface area (Å²) in [7, 11) is 0. The Balaban J connectivity index is 1.89. The van der Waals surface area contributed by atoms with Crippen LogP contribution in [0.3, 0.4) is 0 Å². The van der Waals surface area contributed by atoms with Crippen LogP contribution in [-0.4, -0.2) is 23.6 Å². The van der Waals surface area contributed by atoms with Crippen LogP contribution in [-0.2, 0) is 9.53 Å². The van der Waals surface area contributed by atoms with Gasteiger partial charge in [0.2, 0.25) is 0 Å². The van der Waals surface area contributed by atoms with Crippen molar-refractivity contribution in [3.05, 3.63) is 63.9 Å². The van der Waals surface area contributed by atoms with Gasteiger partial charge in [-0.1, -0.05) is 28.1 Å². The highest BCUT2D eigenvalue weighted by Crippen LogP contribution is 2.22. The third-order valence-corrected chi connectivity index (χ3v) is 3.75. The van der Waals surface area contributed by atoms with Crippen molar-refractivity contribution in [2.24, 2.45) is 0 Å². The molecule has 0 bridgehead atoms. The first-order valence-corrected chi connectivity index (χ1v) is 7.86. The van der Waals surface area contributed by atoms with Gasteiger partial charge in [0.25, 0.3) is 5.91 Å². The van der Waals surface area contributed by atoms with Gasteiger partial charge >= 0.3 is 5.97 Å². The number of hydrogen-bond acceptors (Lipinski definition) is 4. The summed E-state index contributed by atoms with van der Waals surface area (Å²) in [5.41, 5.74) is 0.685. The monoisotopic (exact) mass is 395 g/mol. The van der Waals surface area contributed by atoms with E-state index in [1.54, 1.807) is 25.1 Å². The van der Waals surface area contributed by atoms with Crippen LogP contribution >= 0.6 is 15.9 Å². The first kappa shape index (κ1) is 17.9. The zero-order chi connectivity index (χ0) is 17.7. The molecule has 1 atom stereocenters. The van der Waals surface area contributed by atoms with Gasteiger partial charge in [-0.3, -0.25) is 4.79 Å². The second-order valence-corrected chi connectivity index (χ2v) is 5.99. The molecule has 2 aromatic carbocycles. The van der Waals surface area contributed by atoms with E-state index in [9.17, 15) is 19.1 Å². The van der Waals surface area contributed by atoms with Gasteiger partial charge in [0.05, 0.1) is 6.04 Å². The number of benzene rings is 2. The molecule has 0 spiro atoms. The molecule has 0 saturated heterocycles. The first-order valence-electron chi connectivity index (χ1n) is 7.07. The van der Waals surface area contributed by atoms with Gasteiger partial charge in [-0.25, -0.2) is 9.18 Å². The molecule has 2 aromatic rings. The zero-order valence-electron chi connectivity index (χ0n) is 12.8.